The monoisotopic (exact) mass is 507 g/mol. The van der Waals surface area contributed by atoms with Gasteiger partial charge in [0.2, 0.25) is 0 Å². The Morgan fingerprint density at radius 1 is 1.14 bits per heavy atom. The van der Waals surface area contributed by atoms with Crippen molar-refractivity contribution >= 4 is 17.0 Å². The lowest BCUT2D eigenvalue weighted by atomic mass is 9.86. The molecular weight excluding hydrogens is 480 g/mol. The van der Waals surface area contributed by atoms with Gasteiger partial charge >= 0.3 is 6.09 Å². The Morgan fingerprint density at radius 2 is 1.92 bits per heavy atom. The lowest BCUT2D eigenvalue weighted by Crippen LogP contribution is -2.46. The summed E-state index contributed by atoms with van der Waals surface area (Å²) in [7, 11) is 0. The molecule has 1 amide bonds. The first-order chi connectivity index (χ1) is 17.9. The van der Waals surface area contributed by atoms with E-state index in [2.05, 4.69) is 20.5 Å². The van der Waals surface area contributed by atoms with Gasteiger partial charge in [-0.1, -0.05) is 0 Å². The summed E-state index contributed by atoms with van der Waals surface area (Å²) >= 11 is 0. The molecule has 2 aliphatic heterocycles. The van der Waals surface area contributed by atoms with Crippen molar-refractivity contribution in [3.05, 3.63) is 65.9 Å². The van der Waals surface area contributed by atoms with E-state index in [1.807, 2.05) is 18.7 Å². The zero-order valence-corrected chi connectivity index (χ0v) is 20.6. The second-order valence-corrected chi connectivity index (χ2v) is 10.2. The van der Waals surface area contributed by atoms with Crippen molar-refractivity contribution < 1.29 is 18.3 Å². The number of piperidine rings is 1. The predicted molar refractivity (Wildman–Crippen MR) is 130 cm³/mol. The molecule has 2 fully saturated rings. The Morgan fingerprint density at radius 3 is 2.59 bits per heavy atom. The van der Waals surface area contributed by atoms with E-state index < -0.39 is 11.6 Å². The van der Waals surface area contributed by atoms with Crippen molar-refractivity contribution in [2.24, 2.45) is 0 Å². The SMILES string of the molecule is CC(C)OC(=O)N1C2CCC1CC(c1cnc(Cn3ccc4cc(-n5cnnn5)cc(F)c43)c(F)c1)C2. The van der Waals surface area contributed by atoms with Crippen molar-refractivity contribution in [2.45, 2.75) is 70.2 Å². The first kappa shape index (κ1) is 23.5. The van der Waals surface area contributed by atoms with Crippen LogP contribution in [-0.4, -0.2) is 58.9 Å². The number of rotatable bonds is 5. The Bertz CT molecular complexity index is 1440. The molecule has 5 heterocycles. The fraction of sp³-hybridized carbons (Fsp3) is 0.423. The van der Waals surface area contributed by atoms with Crippen LogP contribution in [0.1, 0.15) is 56.7 Å². The molecule has 2 saturated heterocycles. The number of carbonyl (C=O) groups excluding carboxylic acids is 1. The Balaban J connectivity index is 1.20. The lowest BCUT2D eigenvalue weighted by Gasteiger charge is -2.38. The number of tetrazole rings is 1. The molecule has 0 aliphatic carbocycles. The van der Waals surface area contributed by atoms with E-state index in [4.69, 9.17) is 4.74 Å². The van der Waals surface area contributed by atoms with Gasteiger partial charge in [0, 0.05) is 35.9 Å². The topological polar surface area (TPSA) is 91.0 Å². The van der Waals surface area contributed by atoms with Gasteiger partial charge < -0.3 is 14.2 Å². The molecule has 0 saturated carbocycles. The standard InChI is InChI=1S/C26H27F2N7O2/c1-15(2)37-26(36)35-19-3-4-20(35)9-17(8-19)18-10-22(27)24(29-12-18)13-33-6-5-16-7-21(11-23(28)25(16)33)34-14-30-31-32-34/h5-7,10-12,14-15,17,19-20H,3-4,8-9,13H2,1-2H3. The third-order valence-corrected chi connectivity index (χ3v) is 7.42. The Kier molecular flexibility index (Phi) is 5.85. The largest absolute Gasteiger partial charge is 0.447 e. The third-order valence-electron chi connectivity index (χ3n) is 7.42. The molecule has 0 radical (unpaired) electrons. The number of hydrogen-bond donors (Lipinski definition) is 0. The van der Waals surface area contributed by atoms with Crippen molar-refractivity contribution in [2.75, 3.05) is 0 Å². The normalized spacial score (nSPS) is 21.2. The average molecular weight is 508 g/mol. The van der Waals surface area contributed by atoms with Gasteiger partial charge in [-0.2, -0.15) is 0 Å². The van der Waals surface area contributed by atoms with E-state index >= 15 is 8.78 Å². The molecular formula is C26H27F2N7O2. The van der Waals surface area contributed by atoms with Gasteiger partial charge in [-0.05, 0) is 79.6 Å². The first-order valence-corrected chi connectivity index (χ1v) is 12.5. The molecule has 2 aliphatic rings. The molecule has 2 atom stereocenters. The first-order valence-electron chi connectivity index (χ1n) is 12.5. The van der Waals surface area contributed by atoms with E-state index in [1.54, 1.807) is 35.2 Å². The van der Waals surface area contributed by atoms with Crippen LogP contribution in [0.4, 0.5) is 13.6 Å². The highest BCUT2D eigenvalue weighted by Crippen LogP contribution is 2.43. The molecule has 11 heteroatoms. The van der Waals surface area contributed by atoms with Gasteiger partial charge in [-0.25, -0.2) is 18.3 Å². The third kappa shape index (κ3) is 4.32. The Hall–Kier alpha value is -3.89. The van der Waals surface area contributed by atoms with Crippen LogP contribution in [0.2, 0.25) is 0 Å². The van der Waals surface area contributed by atoms with Crippen LogP contribution in [0.5, 0.6) is 0 Å². The molecule has 0 N–H and O–H groups in total. The summed E-state index contributed by atoms with van der Waals surface area (Å²) < 4.78 is 38.7. The summed E-state index contributed by atoms with van der Waals surface area (Å²) in [6.45, 7) is 3.80. The number of hydrogen-bond acceptors (Lipinski definition) is 6. The van der Waals surface area contributed by atoms with Crippen molar-refractivity contribution in [3.8, 4) is 5.69 Å². The summed E-state index contributed by atoms with van der Waals surface area (Å²) in [5.41, 5.74) is 1.94. The van der Waals surface area contributed by atoms with Gasteiger partial charge in [-0.3, -0.25) is 4.98 Å². The number of carbonyl (C=O) groups is 1. The summed E-state index contributed by atoms with van der Waals surface area (Å²) in [4.78, 5) is 18.9. The second-order valence-electron chi connectivity index (χ2n) is 10.2. The molecule has 2 unspecified atom stereocenters. The number of benzene rings is 1. The van der Waals surface area contributed by atoms with Crippen LogP contribution in [0.15, 0.2) is 43.0 Å². The number of amides is 1. The van der Waals surface area contributed by atoms with Gasteiger partial charge in [-0.15, -0.1) is 5.10 Å². The predicted octanol–water partition coefficient (Wildman–Crippen LogP) is 4.59. The maximum atomic E-state index is 15.2. The number of ether oxygens (including phenoxy) is 1. The minimum absolute atomic E-state index is 0.0987. The highest BCUT2D eigenvalue weighted by Gasteiger charge is 2.44. The zero-order valence-electron chi connectivity index (χ0n) is 20.6. The maximum absolute atomic E-state index is 15.2. The van der Waals surface area contributed by atoms with Crippen LogP contribution < -0.4 is 0 Å². The maximum Gasteiger partial charge on any atom is 0.410 e. The van der Waals surface area contributed by atoms with Crippen molar-refractivity contribution in [1.29, 1.82) is 0 Å². The molecule has 6 rings (SSSR count). The number of halogens is 2. The van der Waals surface area contributed by atoms with Gasteiger partial charge in [0.1, 0.15) is 18.0 Å². The van der Waals surface area contributed by atoms with Crippen LogP contribution in [0, 0.1) is 11.6 Å². The van der Waals surface area contributed by atoms with Crippen LogP contribution in [0.25, 0.3) is 16.6 Å². The van der Waals surface area contributed by atoms with Gasteiger partial charge in [0.25, 0.3) is 0 Å². The number of fused-ring (bicyclic) bond motifs is 3. The molecule has 192 valence electrons. The molecule has 1 aromatic carbocycles. The summed E-state index contributed by atoms with van der Waals surface area (Å²) in [5, 5.41) is 11.6. The van der Waals surface area contributed by atoms with Crippen molar-refractivity contribution in [3.63, 3.8) is 0 Å². The average Bonchev–Trinajstić information content (AvgIpc) is 3.59. The highest BCUT2D eigenvalue weighted by atomic mass is 19.1. The minimum Gasteiger partial charge on any atom is -0.447 e. The van der Waals surface area contributed by atoms with Crippen molar-refractivity contribution in [1.82, 2.24) is 34.7 Å². The quantitative estimate of drug-likeness (QED) is 0.392. The van der Waals surface area contributed by atoms with E-state index in [0.717, 1.165) is 31.2 Å². The Labute approximate surface area is 212 Å². The smallest absolute Gasteiger partial charge is 0.410 e. The zero-order chi connectivity index (χ0) is 25.7. The number of nitrogens with zero attached hydrogens (tertiary/aromatic N) is 7. The van der Waals surface area contributed by atoms with E-state index in [1.165, 1.54) is 17.1 Å². The summed E-state index contributed by atoms with van der Waals surface area (Å²) in [6.07, 6.45) is 7.82. The van der Waals surface area contributed by atoms with E-state index in [0.29, 0.717) is 16.6 Å². The van der Waals surface area contributed by atoms with Crippen LogP contribution >= 0.6 is 0 Å². The molecule has 2 bridgehead atoms. The molecule has 37 heavy (non-hydrogen) atoms. The van der Waals surface area contributed by atoms with Crippen LogP contribution in [-0.2, 0) is 11.3 Å². The van der Waals surface area contributed by atoms with Gasteiger partial charge in [0.05, 0.1) is 29.5 Å². The summed E-state index contributed by atoms with van der Waals surface area (Å²) in [5.74, 6) is -0.742. The van der Waals surface area contributed by atoms with Gasteiger partial charge in [0.15, 0.2) is 0 Å². The number of pyridine rings is 1. The van der Waals surface area contributed by atoms with E-state index in [9.17, 15) is 4.79 Å². The second kappa shape index (κ2) is 9.20. The van der Waals surface area contributed by atoms with Crippen LogP contribution in [0.3, 0.4) is 0 Å². The number of aromatic nitrogens is 6. The molecule has 4 aromatic rings. The van der Waals surface area contributed by atoms with E-state index in [-0.39, 0.29) is 42.4 Å². The molecule has 3 aromatic heterocycles. The fourth-order valence-corrected chi connectivity index (χ4v) is 5.82. The fourth-order valence-electron chi connectivity index (χ4n) is 5.82. The highest BCUT2D eigenvalue weighted by molar-refractivity contribution is 5.83. The lowest BCUT2D eigenvalue weighted by molar-refractivity contribution is 0.0466. The molecule has 9 nitrogen and oxygen atoms in total. The molecule has 0 spiro atoms. The summed E-state index contributed by atoms with van der Waals surface area (Å²) in [6, 6.07) is 6.64. The minimum atomic E-state index is -0.455.